The van der Waals surface area contributed by atoms with Gasteiger partial charge in [-0.1, -0.05) is 0 Å². The number of nitrogens with zero attached hydrogens (tertiary/aromatic N) is 2. The molecule has 18 heavy (non-hydrogen) atoms. The SMILES string of the molecule is CCn1c(S(=O)(=O)CC2CCOCC2)n[nH]c1=O. The van der Waals surface area contributed by atoms with Gasteiger partial charge in [0.2, 0.25) is 15.0 Å². The molecule has 1 aliphatic heterocycles. The predicted molar refractivity (Wildman–Crippen MR) is 64.1 cm³/mol. The molecule has 0 aromatic carbocycles. The summed E-state index contributed by atoms with van der Waals surface area (Å²) in [4.78, 5) is 11.4. The Hall–Kier alpha value is -1.15. The molecule has 0 unspecified atom stereocenters. The zero-order valence-corrected chi connectivity index (χ0v) is 11.1. The number of nitrogens with one attached hydrogen (secondary N) is 1. The molecule has 8 heteroatoms. The van der Waals surface area contributed by atoms with E-state index in [-0.39, 0.29) is 23.4 Å². The lowest BCUT2D eigenvalue weighted by Gasteiger charge is -2.21. The van der Waals surface area contributed by atoms with Crippen molar-refractivity contribution >= 4 is 9.84 Å². The first-order chi connectivity index (χ1) is 8.54. The van der Waals surface area contributed by atoms with Crippen LogP contribution in [0.3, 0.4) is 0 Å². The lowest BCUT2D eigenvalue weighted by Crippen LogP contribution is -2.26. The Balaban J connectivity index is 2.22. The Morgan fingerprint density at radius 2 is 2.11 bits per heavy atom. The average molecular weight is 275 g/mol. The second-order valence-electron chi connectivity index (χ2n) is 4.39. The van der Waals surface area contributed by atoms with E-state index in [1.54, 1.807) is 6.92 Å². The molecule has 1 aliphatic rings. The molecule has 2 rings (SSSR count). The van der Waals surface area contributed by atoms with Crippen LogP contribution in [0.5, 0.6) is 0 Å². The second kappa shape index (κ2) is 5.23. The molecule has 1 saturated heterocycles. The fourth-order valence-electron chi connectivity index (χ4n) is 2.12. The van der Waals surface area contributed by atoms with Crippen molar-refractivity contribution in [1.82, 2.24) is 14.8 Å². The molecule has 0 radical (unpaired) electrons. The van der Waals surface area contributed by atoms with Gasteiger partial charge in [0, 0.05) is 19.8 Å². The van der Waals surface area contributed by atoms with E-state index < -0.39 is 15.5 Å². The van der Waals surface area contributed by atoms with Gasteiger partial charge in [0.05, 0.1) is 5.75 Å². The van der Waals surface area contributed by atoms with E-state index in [0.29, 0.717) is 13.2 Å². The largest absolute Gasteiger partial charge is 0.381 e. The van der Waals surface area contributed by atoms with Crippen LogP contribution in [0.25, 0.3) is 0 Å². The normalized spacial score (nSPS) is 18.1. The third kappa shape index (κ3) is 2.64. The number of sulfone groups is 1. The monoisotopic (exact) mass is 275 g/mol. The van der Waals surface area contributed by atoms with E-state index in [0.717, 1.165) is 17.4 Å². The van der Waals surface area contributed by atoms with Crippen LogP contribution >= 0.6 is 0 Å². The summed E-state index contributed by atoms with van der Waals surface area (Å²) in [7, 11) is -3.52. The standard InChI is InChI=1S/C10H17N3O4S/c1-2-13-9(14)11-12-10(13)18(15,16)7-8-3-5-17-6-4-8/h8H,2-7H2,1H3,(H,11,14). The molecule has 0 saturated carbocycles. The molecular formula is C10H17N3O4S. The number of aromatic amines is 1. The number of ether oxygens (including phenoxy) is 1. The van der Waals surface area contributed by atoms with Gasteiger partial charge < -0.3 is 4.74 Å². The van der Waals surface area contributed by atoms with Gasteiger partial charge in [0.25, 0.3) is 0 Å². The van der Waals surface area contributed by atoms with Gasteiger partial charge in [0.15, 0.2) is 0 Å². The first kappa shape index (κ1) is 13.3. The summed E-state index contributed by atoms with van der Waals surface area (Å²) in [5.41, 5.74) is -0.483. The maximum absolute atomic E-state index is 12.2. The van der Waals surface area contributed by atoms with Gasteiger partial charge in [-0.3, -0.25) is 4.57 Å². The lowest BCUT2D eigenvalue weighted by molar-refractivity contribution is 0.0723. The van der Waals surface area contributed by atoms with Gasteiger partial charge >= 0.3 is 5.69 Å². The Bertz CT molecular complexity index is 554. The van der Waals surface area contributed by atoms with Crippen LogP contribution < -0.4 is 5.69 Å². The number of hydrogen-bond donors (Lipinski definition) is 1. The summed E-state index contributed by atoms with van der Waals surface area (Å²) in [6, 6.07) is 0. The molecule has 1 fully saturated rings. The summed E-state index contributed by atoms with van der Waals surface area (Å²) < 4.78 is 30.8. The zero-order valence-electron chi connectivity index (χ0n) is 10.3. The number of H-pyrrole nitrogens is 1. The molecule has 1 N–H and O–H groups in total. The van der Waals surface area contributed by atoms with Crippen molar-refractivity contribution in [3.8, 4) is 0 Å². The topological polar surface area (TPSA) is 94.0 Å². The predicted octanol–water partition coefficient (Wildman–Crippen LogP) is -0.208. The molecule has 0 atom stereocenters. The van der Waals surface area contributed by atoms with Crippen LogP contribution in [-0.4, -0.2) is 42.1 Å². The summed E-state index contributed by atoms with van der Waals surface area (Å²) in [6.45, 7) is 3.20. The zero-order chi connectivity index (χ0) is 13.2. The Morgan fingerprint density at radius 1 is 1.44 bits per heavy atom. The van der Waals surface area contributed by atoms with Gasteiger partial charge in [-0.15, -0.1) is 5.10 Å². The van der Waals surface area contributed by atoms with Crippen LogP contribution in [0.4, 0.5) is 0 Å². The quantitative estimate of drug-likeness (QED) is 0.820. The van der Waals surface area contributed by atoms with E-state index in [9.17, 15) is 13.2 Å². The number of aromatic nitrogens is 3. The minimum Gasteiger partial charge on any atom is -0.381 e. The van der Waals surface area contributed by atoms with E-state index in [1.807, 2.05) is 0 Å². The molecule has 102 valence electrons. The highest BCUT2D eigenvalue weighted by Crippen LogP contribution is 2.19. The smallest absolute Gasteiger partial charge is 0.344 e. The highest BCUT2D eigenvalue weighted by Gasteiger charge is 2.27. The van der Waals surface area contributed by atoms with Crippen molar-refractivity contribution in [1.29, 1.82) is 0 Å². The van der Waals surface area contributed by atoms with Crippen molar-refractivity contribution in [3.05, 3.63) is 10.5 Å². The van der Waals surface area contributed by atoms with Crippen LogP contribution in [0.2, 0.25) is 0 Å². The molecule has 1 aromatic rings. The summed E-state index contributed by atoms with van der Waals surface area (Å²) in [5, 5.41) is 5.66. The second-order valence-corrected chi connectivity index (χ2v) is 6.32. The summed E-state index contributed by atoms with van der Waals surface area (Å²) in [6.07, 6.45) is 1.47. The van der Waals surface area contributed by atoms with E-state index in [4.69, 9.17) is 4.74 Å². The molecule has 2 heterocycles. The Kier molecular flexibility index (Phi) is 3.86. The van der Waals surface area contributed by atoms with Gasteiger partial charge in [-0.25, -0.2) is 18.3 Å². The minimum atomic E-state index is -3.52. The third-order valence-electron chi connectivity index (χ3n) is 3.11. The lowest BCUT2D eigenvalue weighted by atomic mass is 10.0. The van der Waals surface area contributed by atoms with Crippen LogP contribution in [0.1, 0.15) is 19.8 Å². The van der Waals surface area contributed by atoms with Crippen LogP contribution in [0, 0.1) is 5.92 Å². The van der Waals surface area contributed by atoms with Crippen LogP contribution in [-0.2, 0) is 21.1 Å². The highest BCUT2D eigenvalue weighted by molar-refractivity contribution is 7.91. The van der Waals surface area contributed by atoms with E-state index >= 15 is 0 Å². The van der Waals surface area contributed by atoms with Crippen molar-refractivity contribution in [3.63, 3.8) is 0 Å². The third-order valence-corrected chi connectivity index (χ3v) is 4.89. The van der Waals surface area contributed by atoms with Gasteiger partial charge in [-0.05, 0) is 25.7 Å². The minimum absolute atomic E-state index is 0.0284. The Morgan fingerprint density at radius 3 is 2.72 bits per heavy atom. The molecule has 0 bridgehead atoms. The Labute approximate surface area is 105 Å². The van der Waals surface area contributed by atoms with E-state index in [2.05, 4.69) is 10.2 Å². The van der Waals surface area contributed by atoms with Gasteiger partial charge in [-0.2, -0.15) is 0 Å². The molecule has 1 aromatic heterocycles. The fraction of sp³-hybridized carbons (Fsp3) is 0.800. The highest BCUT2D eigenvalue weighted by atomic mass is 32.2. The average Bonchev–Trinajstić information content (AvgIpc) is 2.72. The van der Waals surface area contributed by atoms with Crippen molar-refractivity contribution in [2.24, 2.45) is 5.92 Å². The summed E-state index contributed by atoms with van der Waals surface area (Å²) in [5.74, 6) is 0.113. The summed E-state index contributed by atoms with van der Waals surface area (Å²) >= 11 is 0. The first-order valence-electron chi connectivity index (χ1n) is 6.00. The van der Waals surface area contributed by atoms with Crippen molar-refractivity contribution in [2.45, 2.75) is 31.5 Å². The number of hydrogen-bond acceptors (Lipinski definition) is 5. The van der Waals surface area contributed by atoms with Crippen LogP contribution in [0.15, 0.2) is 9.95 Å². The molecular weight excluding hydrogens is 258 g/mol. The fourth-order valence-corrected chi connectivity index (χ4v) is 3.95. The maximum Gasteiger partial charge on any atom is 0.344 e. The van der Waals surface area contributed by atoms with Gasteiger partial charge in [0.1, 0.15) is 0 Å². The molecule has 0 aliphatic carbocycles. The molecule has 0 spiro atoms. The molecule has 0 amide bonds. The van der Waals surface area contributed by atoms with Crippen molar-refractivity contribution < 1.29 is 13.2 Å². The molecule has 7 nitrogen and oxygen atoms in total. The maximum atomic E-state index is 12.2. The number of rotatable bonds is 4. The van der Waals surface area contributed by atoms with E-state index in [1.165, 1.54) is 0 Å². The first-order valence-corrected chi connectivity index (χ1v) is 7.65. The van der Waals surface area contributed by atoms with Crippen molar-refractivity contribution in [2.75, 3.05) is 19.0 Å².